The maximum Gasteiger partial charge on any atom is 0.325 e. The van der Waals surface area contributed by atoms with Gasteiger partial charge in [0.1, 0.15) is 5.38 Å². The minimum atomic E-state index is -0.939. The molecule has 6 heteroatoms. The number of carbonyl (C=O) groups excluding carboxylic acids is 2. The smallest absolute Gasteiger partial charge is 0.325 e. The van der Waals surface area contributed by atoms with Crippen molar-refractivity contribution in [1.82, 2.24) is 0 Å². The molecule has 0 radical (unpaired) electrons. The molecule has 0 saturated heterocycles. The Morgan fingerprint density at radius 1 is 1.21 bits per heavy atom. The predicted octanol–water partition coefficient (Wildman–Crippen LogP) is 1.33. The normalized spacial score (nSPS) is 14.3. The van der Waals surface area contributed by atoms with Gasteiger partial charge in [-0.05, 0) is 6.42 Å². The minimum Gasteiger partial charge on any atom is -0.469 e. The van der Waals surface area contributed by atoms with E-state index >= 15 is 0 Å². The number of halogens is 2. The molecule has 0 fully saturated rings. The number of carbonyl (C=O) groups is 2. The van der Waals surface area contributed by atoms with Crippen molar-refractivity contribution in [2.75, 3.05) is 14.2 Å². The Morgan fingerprint density at radius 2 is 1.79 bits per heavy atom. The van der Waals surface area contributed by atoms with Crippen molar-refractivity contribution in [2.45, 2.75) is 23.6 Å². The highest BCUT2D eigenvalue weighted by atomic mass is 35.5. The maximum atomic E-state index is 10.9. The molecule has 0 N–H and O–H groups in total. The van der Waals surface area contributed by atoms with E-state index in [-0.39, 0.29) is 18.8 Å². The van der Waals surface area contributed by atoms with Crippen molar-refractivity contribution in [3.63, 3.8) is 0 Å². The summed E-state index contributed by atoms with van der Waals surface area (Å²) in [6.45, 7) is 0. The highest BCUT2D eigenvalue weighted by Gasteiger charge is 2.25. The molecule has 0 spiro atoms. The van der Waals surface area contributed by atoms with Crippen LogP contribution in [0.1, 0.15) is 12.8 Å². The molecular weight excluding hydrogens is 231 g/mol. The average Bonchev–Trinajstić information content (AvgIpc) is 2.22. The predicted molar refractivity (Wildman–Crippen MR) is 52.5 cm³/mol. The Morgan fingerprint density at radius 3 is 2.21 bits per heavy atom. The van der Waals surface area contributed by atoms with Crippen molar-refractivity contribution in [1.29, 1.82) is 0 Å². The number of methoxy groups -OCH3 is 2. The molecule has 0 aromatic carbocycles. The molecular formula is C8H12Cl2O4. The summed E-state index contributed by atoms with van der Waals surface area (Å²) in [5.41, 5.74) is 0. The number of esters is 2. The molecule has 82 valence electrons. The van der Waals surface area contributed by atoms with Gasteiger partial charge in [0.15, 0.2) is 0 Å². The summed E-state index contributed by atoms with van der Waals surface area (Å²) < 4.78 is 8.81. The van der Waals surface area contributed by atoms with Gasteiger partial charge in [0.2, 0.25) is 0 Å². The summed E-state index contributed by atoms with van der Waals surface area (Å²) in [7, 11) is 2.51. The van der Waals surface area contributed by atoms with Crippen molar-refractivity contribution in [2.24, 2.45) is 0 Å². The molecule has 0 aromatic rings. The van der Waals surface area contributed by atoms with Crippen LogP contribution in [-0.2, 0) is 19.1 Å². The lowest BCUT2D eigenvalue weighted by Crippen LogP contribution is -2.26. The summed E-state index contributed by atoms with van der Waals surface area (Å²) >= 11 is 11.4. The van der Waals surface area contributed by atoms with Gasteiger partial charge in [0.05, 0.1) is 19.6 Å². The number of alkyl halides is 2. The van der Waals surface area contributed by atoms with E-state index in [1.165, 1.54) is 14.2 Å². The third kappa shape index (κ3) is 4.67. The lowest BCUT2D eigenvalue weighted by molar-refractivity contribution is -0.142. The number of hydrogen-bond acceptors (Lipinski definition) is 4. The van der Waals surface area contributed by atoms with Gasteiger partial charge >= 0.3 is 11.9 Å². The molecule has 0 rings (SSSR count). The van der Waals surface area contributed by atoms with E-state index in [2.05, 4.69) is 9.47 Å². The van der Waals surface area contributed by atoms with Crippen LogP contribution in [-0.4, -0.2) is 36.9 Å². The van der Waals surface area contributed by atoms with Crippen LogP contribution in [0.3, 0.4) is 0 Å². The molecule has 0 heterocycles. The van der Waals surface area contributed by atoms with Crippen molar-refractivity contribution >= 4 is 35.1 Å². The van der Waals surface area contributed by atoms with Crippen LogP contribution in [0.4, 0.5) is 0 Å². The first kappa shape index (κ1) is 13.5. The largest absolute Gasteiger partial charge is 0.469 e. The van der Waals surface area contributed by atoms with Gasteiger partial charge in [-0.25, -0.2) is 0 Å². The summed E-state index contributed by atoms with van der Waals surface area (Å²) in [5, 5.41) is -1.57. The van der Waals surface area contributed by atoms with Gasteiger partial charge in [-0.3, -0.25) is 9.59 Å². The lowest BCUT2D eigenvalue weighted by atomic mass is 10.2. The standard InChI is InChI=1S/C8H12Cl2O4/c1-13-6(11)4-3-5(9)7(10)8(12)14-2/h5,7H,3-4H2,1-2H3. The zero-order chi connectivity index (χ0) is 11.1. The Balaban J connectivity index is 3.89. The van der Waals surface area contributed by atoms with Crippen LogP contribution in [0.5, 0.6) is 0 Å². The molecule has 0 aliphatic carbocycles. The first-order chi connectivity index (χ1) is 6.52. The maximum absolute atomic E-state index is 10.9. The highest BCUT2D eigenvalue weighted by molar-refractivity contribution is 6.36. The molecule has 14 heavy (non-hydrogen) atoms. The third-order valence-corrected chi connectivity index (χ3v) is 2.68. The third-order valence-electron chi connectivity index (χ3n) is 1.60. The zero-order valence-electron chi connectivity index (χ0n) is 7.96. The van der Waals surface area contributed by atoms with Crippen molar-refractivity contribution < 1.29 is 19.1 Å². The summed E-state index contributed by atoms with van der Waals surface area (Å²) in [6.07, 6.45) is 0.405. The number of hydrogen-bond donors (Lipinski definition) is 0. The van der Waals surface area contributed by atoms with Crippen molar-refractivity contribution in [3.8, 4) is 0 Å². The van der Waals surface area contributed by atoms with Crippen LogP contribution in [0, 0.1) is 0 Å². The minimum absolute atomic E-state index is 0.130. The lowest BCUT2D eigenvalue weighted by Gasteiger charge is -2.12. The number of rotatable bonds is 5. The van der Waals surface area contributed by atoms with Gasteiger partial charge < -0.3 is 9.47 Å². The van der Waals surface area contributed by atoms with E-state index in [1.54, 1.807) is 0 Å². The topological polar surface area (TPSA) is 52.6 Å². The van der Waals surface area contributed by atoms with Crippen LogP contribution in [0.15, 0.2) is 0 Å². The Kier molecular flexibility index (Phi) is 6.66. The van der Waals surface area contributed by atoms with Crippen LogP contribution in [0.25, 0.3) is 0 Å². The second-order valence-corrected chi connectivity index (χ2v) is 3.59. The van der Waals surface area contributed by atoms with Crippen LogP contribution < -0.4 is 0 Å². The van der Waals surface area contributed by atoms with Gasteiger partial charge in [0.25, 0.3) is 0 Å². The first-order valence-corrected chi connectivity index (χ1v) is 4.83. The molecule has 0 aliphatic rings. The molecule has 2 unspecified atom stereocenters. The van der Waals surface area contributed by atoms with Gasteiger partial charge in [-0.15, -0.1) is 23.2 Å². The van der Waals surface area contributed by atoms with E-state index in [0.717, 1.165) is 0 Å². The summed E-state index contributed by atoms with van der Waals surface area (Å²) in [6, 6.07) is 0. The molecule has 0 amide bonds. The quantitative estimate of drug-likeness (QED) is 0.540. The second-order valence-electron chi connectivity index (χ2n) is 2.56. The monoisotopic (exact) mass is 242 g/mol. The fourth-order valence-corrected chi connectivity index (χ4v) is 1.19. The Bertz CT molecular complexity index is 208. The Labute approximate surface area is 92.5 Å². The van der Waals surface area contributed by atoms with E-state index < -0.39 is 16.7 Å². The fraction of sp³-hybridized carbons (Fsp3) is 0.750. The Hall–Kier alpha value is -0.480. The molecule has 0 aliphatic heterocycles. The highest BCUT2D eigenvalue weighted by Crippen LogP contribution is 2.17. The van der Waals surface area contributed by atoms with E-state index in [4.69, 9.17) is 23.2 Å². The van der Waals surface area contributed by atoms with E-state index in [9.17, 15) is 9.59 Å². The van der Waals surface area contributed by atoms with Crippen molar-refractivity contribution in [3.05, 3.63) is 0 Å². The molecule has 0 saturated carbocycles. The van der Waals surface area contributed by atoms with E-state index in [1.807, 2.05) is 0 Å². The first-order valence-electron chi connectivity index (χ1n) is 3.95. The number of ether oxygens (including phenoxy) is 2. The molecule has 2 atom stereocenters. The molecule has 0 aromatic heterocycles. The van der Waals surface area contributed by atoms with E-state index in [0.29, 0.717) is 0 Å². The second kappa shape index (κ2) is 6.90. The SMILES string of the molecule is COC(=O)CCC(Cl)C(Cl)C(=O)OC. The summed E-state index contributed by atoms with van der Waals surface area (Å²) in [5.74, 6) is -0.985. The fourth-order valence-electron chi connectivity index (χ4n) is 0.764. The average molecular weight is 243 g/mol. The molecule has 0 bridgehead atoms. The van der Waals surface area contributed by atoms with Crippen LogP contribution >= 0.6 is 23.2 Å². The van der Waals surface area contributed by atoms with Gasteiger partial charge in [0, 0.05) is 6.42 Å². The zero-order valence-corrected chi connectivity index (χ0v) is 9.47. The van der Waals surface area contributed by atoms with Gasteiger partial charge in [-0.2, -0.15) is 0 Å². The summed E-state index contributed by atoms with van der Waals surface area (Å²) in [4.78, 5) is 21.7. The van der Waals surface area contributed by atoms with Gasteiger partial charge in [-0.1, -0.05) is 0 Å². The van der Waals surface area contributed by atoms with Crippen LogP contribution in [0.2, 0.25) is 0 Å². The molecule has 4 nitrogen and oxygen atoms in total.